The van der Waals surface area contributed by atoms with Gasteiger partial charge in [0, 0.05) is 28.5 Å². The molecule has 45 heavy (non-hydrogen) atoms. The van der Waals surface area contributed by atoms with Gasteiger partial charge in [-0.15, -0.1) is 34.9 Å². The van der Waals surface area contributed by atoms with Crippen molar-refractivity contribution in [3.05, 3.63) is 58.5 Å². The molecule has 1 unspecified atom stereocenters. The normalized spacial score (nSPS) is 18.5. The Morgan fingerprint density at radius 1 is 1.18 bits per heavy atom. The van der Waals surface area contributed by atoms with E-state index < -0.39 is 58.5 Å². The Morgan fingerprint density at radius 3 is 2.60 bits per heavy atom. The number of phenolic OH excluding ortho intramolecular Hbond substituents is 2. The SMILES string of the molecule is Nc1cc(SCC2=C(C(=O)O)N3C(=O)C(NC(=O)/C(=N\O[C@H](C(=O)O)c4ccc(O)c(O)c4)c4csc(N)n4)[C@H]3SC2)ncn1. The highest BCUT2D eigenvalue weighted by Crippen LogP contribution is 2.41. The van der Waals surface area contributed by atoms with Crippen LogP contribution >= 0.6 is 34.9 Å². The first kappa shape index (κ1) is 31.3. The van der Waals surface area contributed by atoms with E-state index in [1.54, 1.807) is 0 Å². The van der Waals surface area contributed by atoms with Gasteiger partial charge in [-0.3, -0.25) is 14.5 Å². The number of oxime groups is 1. The van der Waals surface area contributed by atoms with Crippen LogP contribution in [0.1, 0.15) is 17.4 Å². The summed E-state index contributed by atoms with van der Waals surface area (Å²) in [6.45, 7) is 0. The van der Waals surface area contributed by atoms with Crippen LogP contribution in [0.25, 0.3) is 0 Å². The number of thiazole rings is 1. The number of rotatable bonds is 11. The number of carboxylic acids is 2. The molecule has 4 heterocycles. The van der Waals surface area contributed by atoms with Crippen LogP contribution in [0.5, 0.6) is 11.5 Å². The molecule has 0 aliphatic carbocycles. The largest absolute Gasteiger partial charge is 0.504 e. The fourth-order valence-corrected chi connectivity index (χ4v) is 7.17. The van der Waals surface area contributed by atoms with Gasteiger partial charge in [0.25, 0.3) is 11.8 Å². The summed E-state index contributed by atoms with van der Waals surface area (Å²) >= 11 is 3.43. The highest BCUT2D eigenvalue weighted by molar-refractivity contribution is 8.01. The summed E-state index contributed by atoms with van der Waals surface area (Å²) in [4.78, 5) is 68.9. The summed E-state index contributed by atoms with van der Waals surface area (Å²) in [5, 5.41) is 46.4. The van der Waals surface area contributed by atoms with E-state index in [0.29, 0.717) is 10.6 Å². The number of hydrogen-bond donors (Lipinski definition) is 7. The molecule has 2 aliphatic rings. The number of thioether (sulfide) groups is 2. The van der Waals surface area contributed by atoms with Crippen molar-refractivity contribution in [2.45, 2.75) is 22.5 Å². The molecule has 17 nitrogen and oxygen atoms in total. The monoisotopic (exact) mass is 674 g/mol. The van der Waals surface area contributed by atoms with Crippen LogP contribution in [0.3, 0.4) is 0 Å². The number of fused-ring (bicyclic) bond motifs is 1. The van der Waals surface area contributed by atoms with Gasteiger partial charge < -0.3 is 42.0 Å². The van der Waals surface area contributed by atoms with Crippen LogP contribution in [0.15, 0.2) is 57.4 Å². The number of carboxylic acid groups (broad SMARTS) is 2. The summed E-state index contributed by atoms with van der Waals surface area (Å²) in [6, 6.07) is 3.56. The molecule has 2 aliphatic heterocycles. The van der Waals surface area contributed by atoms with E-state index in [9.17, 15) is 39.6 Å². The molecular formula is C25H22N8O9S3. The van der Waals surface area contributed by atoms with E-state index in [1.807, 2.05) is 0 Å². The zero-order chi connectivity index (χ0) is 32.4. The molecule has 3 aromatic rings. The average Bonchev–Trinajstić information content (AvgIpc) is 3.43. The number of carbonyl (C=O) groups excluding carboxylic acids is 2. The number of nitrogens with two attached hydrogens (primary N) is 2. The van der Waals surface area contributed by atoms with Crippen LogP contribution in [0, 0.1) is 0 Å². The molecule has 0 bridgehead atoms. The minimum absolute atomic E-state index is 0.0590. The van der Waals surface area contributed by atoms with Gasteiger partial charge in [0.05, 0.1) is 0 Å². The number of carbonyl (C=O) groups is 4. The second-order valence-corrected chi connectivity index (χ2v) is 12.3. The van der Waals surface area contributed by atoms with Crippen molar-refractivity contribution in [2.75, 3.05) is 23.0 Å². The predicted molar refractivity (Wildman–Crippen MR) is 161 cm³/mol. The summed E-state index contributed by atoms with van der Waals surface area (Å²) < 4.78 is 0. The number of amides is 2. The summed E-state index contributed by atoms with van der Waals surface area (Å²) in [5.74, 6) is -4.91. The molecule has 1 aromatic carbocycles. The van der Waals surface area contributed by atoms with Crippen molar-refractivity contribution < 1.29 is 44.4 Å². The predicted octanol–water partition coefficient (Wildman–Crippen LogP) is 0.586. The maximum absolute atomic E-state index is 13.4. The van der Waals surface area contributed by atoms with E-state index in [1.165, 1.54) is 47.4 Å². The molecule has 2 aromatic heterocycles. The number of phenols is 2. The Labute approximate surface area is 265 Å². The van der Waals surface area contributed by atoms with Crippen molar-refractivity contribution >= 4 is 75.3 Å². The molecule has 1 saturated heterocycles. The highest BCUT2D eigenvalue weighted by Gasteiger charge is 2.54. The lowest BCUT2D eigenvalue weighted by Gasteiger charge is -2.49. The van der Waals surface area contributed by atoms with Gasteiger partial charge in [0.2, 0.25) is 6.10 Å². The molecule has 1 fully saturated rings. The summed E-state index contributed by atoms with van der Waals surface area (Å²) in [6.07, 6.45) is -0.534. The van der Waals surface area contributed by atoms with Gasteiger partial charge in [-0.05, 0) is 17.7 Å². The fraction of sp³-hybridized carbons (Fsp3) is 0.200. The Kier molecular flexibility index (Phi) is 8.97. The van der Waals surface area contributed by atoms with Crippen LogP contribution < -0.4 is 16.8 Å². The Balaban J connectivity index is 1.35. The molecule has 0 saturated carbocycles. The van der Waals surface area contributed by atoms with Gasteiger partial charge in [-0.1, -0.05) is 11.2 Å². The second-order valence-electron chi connectivity index (χ2n) is 9.27. The molecule has 0 spiro atoms. The molecule has 5 rings (SSSR count). The molecular weight excluding hydrogens is 653 g/mol. The molecule has 3 atom stereocenters. The van der Waals surface area contributed by atoms with E-state index in [0.717, 1.165) is 28.4 Å². The topological polar surface area (TPSA) is 277 Å². The van der Waals surface area contributed by atoms with Crippen LogP contribution in [0.2, 0.25) is 0 Å². The number of aromatic nitrogens is 3. The minimum atomic E-state index is -1.82. The molecule has 234 valence electrons. The van der Waals surface area contributed by atoms with Gasteiger partial charge in [0.15, 0.2) is 22.3 Å². The van der Waals surface area contributed by atoms with Gasteiger partial charge in [-0.25, -0.2) is 24.5 Å². The van der Waals surface area contributed by atoms with Crippen LogP contribution in [0.4, 0.5) is 10.9 Å². The van der Waals surface area contributed by atoms with Crippen molar-refractivity contribution in [1.29, 1.82) is 0 Å². The maximum atomic E-state index is 13.4. The van der Waals surface area contributed by atoms with Gasteiger partial charge in [-0.2, -0.15) is 0 Å². The first-order chi connectivity index (χ1) is 21.4. The number of nitrogens with zero attached hydrogens (tertiary/aromatic N) is 5. The smallest absolute Gasteiger partial charge is 0.352 e. The molecule has 2 amide bonds. The lowest BCUT2D eigenvalue weighted by atomic mass is 10.0. The second kappa shape index (κ2) is 12.9. The summed E-state index contributed by atoms with van der Waals surface area (Å²) in [7, 11) is 0. The summed E-state index contributed by atoms with van der Waals surface area (Å²) in [5.41, 5.74) is 11.0. The third kappa shape index (κ3) is 6.56. The fourth-order valence-electron chi connectivity index (χ4n) is 4.26. The number of anilines is 2. The number of aliphatic carboxylic acids is 2. The van der Waals surface area contributed by atoms with E-state index in [2.05, 4.69) is 25.4 Å². The minimum Gasteiger partial charge on any atom is -0.504 e. The lowest BCUT2D eigenvalue weighted by Crippen LogP contribution is -2.71. The molecule has 20 heteroatoms. The Hall–Kier alpha value is -5.08. The molecule has 0 radical (unpaired) electrons. The maximum Gasteiger partial charge on any atom is 0.352 e. The number of β-lactam (4-membered cyclic amide) rings is 1. The number of nitrogens with one attached hydrogen (secondary N) is 1. The average molecular weight is 675 g/mol. The van der Waals surface area contributed by atoms with Crippen molar-refractivity contribution in [3.63, 3.8) is 0 Å². The quantitative estimate of drug-likeness (QED) is 0.0366. The van der Waals surface area contributed by atoms with Crippen molar-refractivity contribution in [2.24, 2.45) is 5.16 Å². The number of hydrogen-bond acceptors (Lipinski definition) is 16. The van der Waals surface area contributed by atoms with Crippen molar-refractivity contribution in [1.82, 2.24) is 25.2 Å². The standard InChI is InChI=1S/C25H22N8O9S3/c26-14-4-15(29-8-28-14)43-5-10-6-44-22-17(21(37)33(22)18(10)23(38)39)31-20(36)16(11-7-45-25(27)30-11)32-42-19(24(40)41)9-1-2-12(34)13(35)3-9/h1-4,7-8,17,19,22,34-35H,5-6H2,(H2,27,30)(H,31,36)(H,38,39)(H,40,41)(H2,26,28,29)/b32-16-/t17?,19-,22+/m0/s1. The zero-order valence-electron chi connectivity index (χ0n) is 22.6. The van der Waals surface area contributed by atoms with E-state index in [4.69, 9.17) is 16.3 Å². The highest BCUT2D eigenvalue weighted by atomic mass is 32.2. The third-order valence-electron chi connectivity index (χ3n) is 6.35. The van der Waals surface area contributed by atoms with Crippen LogP contribution in [-0.2, 0) is 24.0 Å². The van der Waals surface area contributed by atoms with Gasteiger partial charge >= 0.3 is 11.9 Å². The number of aromatic hydroxyl groups is 2. The lowest BCUT2D eigenvalue weighted by molar-refractivity contribution is -0.151. The van der Waals surface area contributed by atoms with Crippen molar-refractivity contribution in [3.8, 4) is 11.5 Å². The van der Waals surface area contributed by atoms with Crippen LogP contribution in [-0.4, -0.2) is 92.7 Å². The van der Waals surface area contributed by atoms with E-state index in [-0.39, 0.29) is 39.4 Å². The van der Waals surface area contributed by atoms with Gasteiger partial charge in [0.1, 0.15) is 40.0 Å². The molecule has 9 N–H and O–H groups in total. The Morgan fingerprint density at radius 2 is 1.96 bits per heavy atom. The number of benzene rings is 1. The Bertz CT molecular complexity index is 1760. The zero-order valence-corrected chi connectivity index (χ0v) is 25.0. The first-order valence-corrected chi connectivity index (χ1v) is 15.5. The van der Waals surface area contributed by atoms with E-state index >= 15 is 0 Å². The number of nitrogen functional groups attached to an aromatic ring is 2. The first-order valence-electron chi connectivity index (χ1n) is 12.6. The third-order valence-corrected chi connectivity index (χ3v) is 9.37.